The molecule has 0 spiro atoms. The second kappa shape index (κ2) is 6.14. The van der Waals surface area contributed by atoms with Gasteiger partial charge in [0, 0.05) is 12.3 Å². The van der Waals surface area contributed by atoms with Gasteiger partial charge in [-0.2, -0.15) is 0 Å². The van der Waals surface area contributed by atoms with Crippen LogP contribution in [-0.2, 0) is 0 Å². The van der Waals surface area contributed by atoms with Crippen LogP contribution in [0.2, 0.25) is 0 Å². The number of allylic oxidation sites excluding steroid dienone is 2. The lowest BCUT2D eigenvalue weighted by Gasteiger charge is -2.00. The van der Waals surface area contributed by atoms with Gasteiger partial charge in [0.2, 0.25) is 0 Å². The first kappa shape index (κ1) is 10.4. The predicted octanol–water partition coefficient (Wildman–Crippen LogP) is 3.07. The molecule has 0 atom stereocenters. The Hall–Kier alpha value is -0.590. The first-order chi connectivity index (χ1) is 5.20. The van der Waals surface area contributed by atoms with Gasteiger partial charge in [0.1, 0.15) is 0 Å². The van der Waals surface area contributed by atoms with E-state index in [2.05, 4.69) is 31.8 Å². The summed E-state index contributed by atoms with van der Waals surface area (Å²) in [6.45, 7) is 9.49. The van der Waals surface area contributed by atoms with E-state index in [0.717, 1.165) is 13.0 Å². The zero-order valence-corrected chi connectivity index (χ0v) is 8.09. The molecule has 0 aromatic carbocycles. The molecular weight excluding hydrogens is 134 g/mol. The van der Waals surface area contributed by atoms with Crippen LogP contribution in [0.4, 0.5) is 0 Å². The highest BCUT2D eigenvalue weighted by Gasteiger charge is 1.91. The van der Waals surface area contributed by atoms with E-state index in [1.54, 1.807) is 0 Å². The van der Waals surface area contributed by atoms with Gasteiger partial charge < -0.3 is 0 Å². The van der Waals surface area contributed by atoms with E-state index in [-0.39, 0.29) is 0 Å². The van der Waals surface area contributed by atoms with Crippen molar-refractivity contribution < 1.29 is 0 Å². The lowest BCUT2D eigenvalue weighted by molar-refractivity contribution is 0.665. The molecule has 0 aromatic heterocycles. The Morgan fingerprint density at radius 2 is 2.09 bits per heavy atom. The fourth-order valence-electron chi connectivity index (χ4n) is 0.775. The van der Waals surface area contributed by atoms with Gasteiger partial charge in [-0.3, -0.25) is 4.99 Å². The largest absolute Gasteiger partial charge is 0.290 e. The molecule has 0 rings (SSSR count). The van der Waals surface area contributed by atoms with E-state index < -0.39 is 0 Å². The fraction of sp³-hybridized carbons (Fsp3) is 0.700. The van der Waals surface area contributed by atoms with Crippen LogP contribution < -0.4 is 0 Å². The number of nitrogens with zero attached hydrogens (tertiary/aromatic N) is 1. The lowest BCUT2D eigenvalue weighted by Crippen LogP contribution is -1.98. The molecular formula is C10H19N. The fourth-order valence-corrected chi connectivity index (χ4v) is 0.775. The van der Waals surface area contributed by atoms with Gasteiger partial charge in [0.25, 0.3) is 0 Å². The zero-order valence-electron chi connectivity index (χ0n) is 8.09. The van der Waals surface area contributed by atoms with Crippen molar-refractivity contribution in [1.82, 2.24) is 0 Å². The lowest BCUT2D eigenvalue weighted by atomic mass is 10.2. The third kappa shape index (κ3) is 5.84. The van der Waals surface area contributed by atoms with Gasteiger partial charge in [-0.15, -0.1) is 0 Å². The van der Waals surface area contributed by atoms with Crippen molar-refractivity contribution in [3.63, 3.8) is 0 Å². The van der Waals surface area contributed by atoms with E-state index in [1.165, 1.54) is 5.71 Å². The van der Waals surface area contributed by atoms with Crippen LogP contribution in [-0.4, -0.2) is 12.3 Å². The average Bonchev–Trinajstić information content (AvgIpc) is 1.97. The van der Waals surface area contributed by atoms with Crippen molar-refractivity contribution in [2.24, 2.45) is 10.9 Å². The highest BCUT2D eigenvalue weighted by molar-refractivity contribution is 5.94. The van der Waals surface area contributed by atoms with Crippen LogP contribution >= 0.6 is 0 Å². The maximum atomic E-state index is 4.46. The van der Waals surface area contributed by atoms with Gasteiger partial charge in [0.05, 0.1) is 0 Å². The minimum absolute atomic E-state index is 0.668. The third-order valence-corrected chi connectivity index (χ3v) is 1.38. The molecule has 64 valence electrons. The summed E-state index contributed by atoms with van der Waals surface area (Å²) in [7, 11) is 0. The molecule has 0 N–H and O–H groups in total. The molecule has 0 saturated heterocycles. The number of rotatable bonds is 4. The quantitative estimate of drug-likeness (QED) is 0.550. The molecule has 0 radical (unpaired) electrons. The second-order valence-corrected chi connectivity index (χ2v) is 3.08. The molecule has 0 bridgehead atoms. The first-order valence-corrected chi connectivity index (χ1v) is 4.36. The molecule has 0 fully saturated rings. The molecule has 0 aromatic rings. The van der Waals surface area contributed by atoms with Crippen LogP contribution in [0.3, 0.4) is 0 Å². The SMILES string of the molecule is C/C=C\C(CC)=NCC(C)C. The van der Waals surface area contributed by atoms with Crippen LogP contribution in [0, 0.1) is 5.92 Å². The Kier molecular flexibility index (Phi) is 5.81. The molecule has 0 unspecified atom stereocenters. The van der Waals surface area contributed by atoms with Crippen LogP contribution in [0.25, 0.3) is 0 Å². The topological polar surface area (TPSA) is 12.4 Å². The summed E-state index contributed by atoms with van der Waals surface area (Å²) in [5.41, 5.74) is 1.21. The van der Waals surface area contributed by atoms with Crippen molar-refractivity contribution in [3.05, 3.63) is 12.2 Å². The standard InChI is InChI=1S/C10H19N/c1-5-7-10(6-2)11-8-9(3)4/h5,7,9H,6,8H2,1-4H3/b7-5-,11-10?. The number of hydrogen-bond donors (Lipinski definition) is 0. The predicted molar refractivity (Wildman–Crippen MR) is 52.2 cm³/mol. The van der Waals surface area contributed by atoms with E-state index in [4.69, 9.17) is 0 Å². The van der Waals surface area contributed by atoms with Crippen LogP contribution in [0.1, 0.15) is 34.1 Å². The Morgan fingerprint density at radius 3 is 2.45 bits per heavy atom. The normalized spacial score (nSPS) is 13.4. The van der Waals surface area contributed by atoms with Gasteiger partial charge in [-0.05, 0) is 25.3 Å². The molecule has 11 heavy (non-hydrogen) atoms. The van der Waals surface area contributed by atoms with Crippen molar-refractivity contribution >= 4 is 5.71 Å². The van der Waals surface area contributed by atoms with Crippen molar-refractivity contribution in [2.45, 2.75) is 34.1 Å². The first-order valence-electron chi connectivity index (χ1n) is 4.36. The molecule has 0 heterocycles. The minimum Gasteiger partial charge on any atom is -0.290 e. The molecule has 0 aliphatic rings. The third-order valence-electron chi connectivity index (χ3n) is 1.38. The molecule has 0 aliphatic carbocycles. The van der Waals surface area contributed by atoms with E-state index >= 15 is 0 Å². The van der Waals surface area contributed by atoms with E-state index in [1.807, 2.05) is 13.0 Å². The van der Waals surface area contributed by atoms with E-state index in [9.17, 15) is 0 Å². The molecule has 1 heteroatoms. The second-order valence-electron chi connectivity index (χ2n) is 3.08. The number of aliphatic imine (C=N–C) groups is 1. The minimum atomic E-state index is 0.668. The number of hydrogen-bond acceptors (Lipinski definition) is 1. The van der Waals surface area contributed by atoms with Gasteiger partial charge >= 0.3 is 0 Å². The molecule has 0 aliphatic heterocycles. The Morgan fingerprint density at radius 1 is 1.45 bits per heavy atom. The summed E-state index contributed by atoms with van der Waals surface area (Å²) in [5, 5.41) is 0. The van der Waals surface area contributed by atoms with Crippen molar-refractivity contribution in [2.75, 3.05) is 6.54 Å². The highest BCUT2D eigenvalue weighted by atomic mass is 14.7. The summed E-state index contributed by atoms with van der Waals surface area (Å²) in [6, 6.07) is 0. The maximum Gasteiger partial charge on any atom is 0.0415 e. The summed E-state index contributed by atoms with van der Waals surface area (Å²) in [5.74, 6) is 0.668. The van der Waals surface area contributed by atoms with E-state index in [0.29, 0.717) is 5.92 Å². The summed E-state index contributed by atoms with van der Waals surface area (Å²) in [4.78, 5) is 4.46. The van der Waals surface area contributed by atoms with Gasteiger partial charge in [0.15, 0.2) is 0 Å². The maximum absolute atomic E-state index is 4.46. The Labute approximate surface area is 70.2 Å². The van der Waals surface area contributed by atoms with Gasteiger partial charge in [-0.25, -0.2) is 0 Å². The molecule has 0 saturated carbocycles. The summed E-state index contributed by atoms with van der Waals surface area (Å²) < 4.78 is 0. The van der Waals surface area contributed by atoms with Crippen LogP contribution in [0.15, 0.2) is 17.1 Å². The highest BCUT2D eigenvalue weighted by Crippen LogP contribution is 1.95. The molecule has 1 nitrogen and oxygen atoms in total. The summed E-state index contributed by atoms with van der Waals surface area (Å²) >= 11 is 0. The Balaban J connectivity index is 3.90. The molecule has 0 amide bonds. The van der Waals surface area contributed by atoms with Gasteiger partial charge in [-0.1, -0.05) is 26.8 Å². The van der Waals surface area contributed by atoms with Crippen LogP contribution in [0.5, 0.6) is 0 Å². The average molecular weight is 153 g/mol. The smallest absolute Gasteiger partial charge is 0.0415 e. The monoisotopic (exact) mass is 153 g/mol. The van der Waals surface area contributed by atoms with Crippen molar-refractivity contribution in [1.29, 1.82) is 0 Å². The summed E-state index contributed by atoms with van der Waals surface area (Å²) in [6.07, 6.45) is 5.17. The van der Waals surface area contributed by atoms with Crippen molar-refractivity contribution in [3.8, 4) is 0 Å². The zero-order chi connectivity index (χ0) is 8.69. The Bertz CT molecular complexity index is 143.